The molecule has 1 heterocycles. The zero-order chi connectivity index (χ0) is 24.3. The Hall–Kier alpha value is -2.04. The fourth-order valence-corrected chi connectivity index (χ4v) is 8.57. The molecule has 7 nitrogen and oxygen atoms in total. The predicted molar refractivity (Wildman–Crippen MR) is 132 cm³/mol. The topological polar surface area (TPSA) is 83.4 Å². The molecule has 1 saturated heterocycles. The van der Waals surface area contributed by atoms with E-state index in [1.54, 1.807) is 20.1 Å². The third kappa shape index (κ3) is 6.10. The predicted octanol–water partition coefficient (Wildman–Crippen LogP) is 3.05. The van der Waals surface area contributed by atoms with Gasteiger partial charge < -0.3 is 14.0 Å². The molecule has 0 bridgehead atoms. The Morgan fingerprint density at radius 3 is 1.97 bits per heavy atom. The molecule has 0 radical (unpaired) electrons. The van der Waals surface area contributed by atoms with Crippen molar-refractivity contribution in [2.45, 2.75) is 57.7 Å². The van der Waals surface area contributed by atoms with Crippen molar-refractivity contribution in [1.82, 2.24) is 0 Å². The van der Waals surface area contributed by atoms with E-state index in [0.29, 0.717) is 0 Å². The number of oxime groups is 1. The van der Waals surface area contributed by atoms with Crippen molar-refractivity contribution in [3.8, 4) is 0 Å². The minimum Gasteiger partial charge on any atom is -0.443 e. The van der Waals surface area contributed by atoms with Crippen molar-refractivity contribution >= 4 is 35.0 Å². The Morgan fingerprint density at radius 1 is 1.00 bits per heavy atom. The Labute approximate surface area is 198 Å². The zero-order valence-electron chi connectivity index (χ0n) is 20.0. The lowest BCUT2D eigenvalue weighted by Gasteiger charge is -2.40. The normalized spacial score (nSPS) is 21.4. The van der Waals surface area contributed by atoms with Crippen LogP contribution in [0, 0.1) is 0 Å². The first-order chi connectivity index (χ1) is 15.3. The Bertz CT molecular complexity index is 1010. The molecular weight excluding hydrogens is 458 g/mol. The molecule has 1 aliphatic rings. The van der Waals surface area contributed by atoms with Crippen molar-refractivity contribution in [3.63, 3.8) is 0 Å². The molecule has 3 rings (SSSR count). The molecule has 0 saturated carbocycles. The van der Waals surface area contributed by atoms with E-state index >= 15 is 0 Å². The summed E-state index contributed by atoms with van der Waals surface area (Å²) in [6, 6.07) is 20.3. The number of hydrogen-bond acceptors (Lipinski definition) is 7. The van der Waals surface area contributed by atoms with Crippen LogP contribution >= 0.6 is 0 Å². The Kier molecular flexibility index (Phi) is 7.50. The van der Waals surface area contributed by atoms with Gasteiger partial charge in [0.15, 0.2) is 5.79 Å². The molecule has 1 aliphatic heterocycles. The van der Waals surface area contributed by atoms with Crippen LogP contribution in [0.5, 0.6) is 0 Å². The maximum atomic E-state index is 11.5. The molecule has 0 amide bonds. The van der Waals surface area contributed by atoms with Crippen LogP contribution in [0.1, 0.15) is 34.6 Å². The molecule has 2 aromatic rings. The van der Waals surface area contributed by atoms with Gasteiger partial charge in [-0.15, -0.1) is 5.16 Å². The summed E-state index contributed by atoms with van der Waals surface area (Å²) in [6.07, 6.45) is 1.29. The Balaban J connectivity index is 1.95. The molecule has 33 heavy (non-hydrogen) atoms. The third-order valence-corrected chi connectivity index (χ3v) is 10.8. The number of hydrogen-bond donors (Lipinski definition) is 0. The average Bonchev–Trinajstić information content (AvgIpc) is 3.03. The molecule has 2 aromatic carbocycles. The number of rotatable bonds is 8. The molecule has 0 N–H and O–H groups in total. The van der Waals surface area contributed by atoms with E-state index < -0.39 is 36.4 Å². The van der Waals surface area contributed by atoms with E-state index in [1.165, 1.54) is 0 Å². The summed E-state index contributed by atoms with van der Waals surface area (Å²) in [6.45, 7) is 9.84. The minimum atomic E-state index is -3.61. The van der Waals surface area contributed by atoms with E-state index in [-0.39, 0.29) is 11.6 Å². The maximum absolute atomic E-state index is 11.5. The summed E-state index contributed by atoms with van der Waals surface area (Å²) in [7, 11) is -6.46. The standard InChI is InChI=1S/C24H33NO6SSi/c1-23(2,3)33(19-13-9-7-10-14-19,20-15-11-8-12-16-20)31-25-17-21-22(18-28-32(6,26)27)30-24(4,5)29-21/h7-17,21-22H,18H2,1-6H3/b25-17+/t21-,22+/m0/s1. The first-order valence-electron chi connectivity index (χ1n) is 10.9. The molecule has 2 atom stereocenters. The number of benzene rings is 2. The zero-order valence-corrected chi connectivity index (χ0v) is 21.8. The molecule has 9 heteroatoms. The highest BCUT2D eigenvalue weighted by atomic mass is 32.2. The van der Waals surface area contributed by atoms with Gasteiger partial charge in [-0.2, -0.15) is 8.42 Å². The monoisotopic (exact) mass is 491 g/mol. The van der Waals surface area contributed by atoms with Gasteiger partial charge in [0.1, 0.15) is 12.2 Å². The Morgan fingerprint density at radius 2 is 1.52 bits per heavy atom. The van der Waals surface area contributed by atoms with E-state index in [2.05, 4.69) is 50.2 Å². The maximum Gasteiger partial charge on any atom is 0.354 e. The molecule has 0 unspecified atom stereocenters. The highest BCUT2D eigenvalue weighted by Crippen LogP contribution is 2.37. The van der Waals surface area contributed by atoms with Gasteiger partial charge in [-0.05, 0) is 24.2 Å². The van der Waals surface area contributed by atoms with E-state index in [9.17, 15) is 8.42 Å². The first-order valence-corrected chi connectivity index (χ1v) is 14.6. The SMILES string of the molecule is CC1(C)O[C@@H](/C=N/O[Si](c2ccccc2)(c2ccccc2)C(C)(C)C)[C@@H](COS(C)(=O)=O)O1. The van der Waals surface area contributed by atoms with Gasteiger partial charge in [0, 0.05) is 5.04 Å². The summed E-state index contributed by atoms with van der Waals surface area (Å²) < 4.78 is 46.1. The van der Waals surface area contributed by atoms with Gasteiger partial charge in [0.25, 0.3) is 10.1 Å². The van der Waals surface area contributed by atoms with Gasteiger partial charge in [0.2, 0.25) is 0 Å². The fraction of sp³-hybridized carbons (Fsp3) is 0.458. The van der Waals surface area contributed by atoms with Crippen molar-refractivity contribution in [2.75, 3.05) is 12.9 Å². The van der Waals surface area contributed by atoms with Gasteiger partial charge in [-0.25, -0.2) is 0 Å². The summed E-state index contributed by atoms with van der Waals surface area (Å²) in [4.78, 5) is 0. The van der Waals surface area contributed by atoms with Crippen molar-refractivity contribution in [3.05, 3.63) is 60.7 Å². The fourth-order valence-electron chi connectivity index (χ4n) is 4.10. The quantitative estimate of drug-likeness (QED) is 0.244. The summed E-state index contributed by atoms with van der Waals surface area (Å²) >= 11 is 0. The smallest absolute Gasteiger partial charge is 0.354 e. The molecule has 1 fully saturated rings. The van der Waals surface area contributed by atoms with E-state index in [0.717, 1.165) is 16.6 Å². The van der Waals surface area contributed by atoms with Gasteiger partial charge in [0.05, 0.1) is 19.1 Å². The van der Waals surface area contributed by atoms with Gasteiger partial charge in [-0.1, -0.05) is 81.4 Å². The van der Waals surface area contributed by atoms with Crippen LogP contribution in [0.3, 0.4) is 0 Å². The molecule has 0 spiro atoms. The van der Waals surface area contributed by atoms with Crippen LogP contribution in [-0.2, 0) is 28.3 Å². The van der Waals surface area contributed by atoms with Crippen molar-refractivity contribution in [1.29, 1.82) is 0 Å². The lowest BCUT2D eigenvalue weighted by atomic mass is 10.2. The largest absolute Gasteiger partial charge is 0.443 e. The second kappa shape index (κ2) is 9.67. The van der Waals surface area contributed by atoms with E-state index in [4.69, 9.17) is 18.2 Å². The van der Waals surface area contributed by atoms with Crippen LogP contribution in [0.2, 0.25) is 5.04 Å². The van der Waals surface area contributed by atoms with Crippen molar-refractivity contribution in [2.24, 2.45) is 5.16 Å². The van der Waals surface area contributed by atoms with Crippen molar-refractivity contribution < 1.29 is 26.6 Å². The minimum absolute atomic E-state index is 0.168. The van der Waals surface area contributed by atoms with Crippen LogP contribution in [-0.4, -0.2) is 53.8 Å². The molecular formula is C24H33NO6SSi. The van der Waals surface area contributed by atoms with E-state index in [1.807, 2.05) is 36.4 Å². The number of ether oxygens (including phenoxy) is 2. The molecule has 0 aromatic heterocycles. The highest BCUT2D eigenvalue weighted by molar-refractivity contribution is 7.85. The van der Waals surface area contributed by atoms with Crippen LogP contribution < -0.4 is 10.4 Å². The second-order valence-electron chi connectivity index (χ2n) is 9.64. The molecule has 0 aliphatic carbocycles. The van der Waals surface area contributed by atoms with Gasteiger partial charge >= 0.3 is 8.32 Å². The lowest BCUT2D eigenvalue weighted by molar-refractivity contribution is -0.144. The van der Waals surface area contributed by atoms with Gasteiger partial charge in [-0.3, -0.25) is 4.18 Å². The molecule has 180 valence electrons. The number of nitrogens with zero attached hydrogens (tertiary/aromatic N) is 1. The lowest BCUT2D eigenvalue weighted by Crippen LogP contribution is -2.65. The van der Waals surface area contributed by atoms with Crippen LogP contribution in [0.4, 0.5) is 0 Å². The summed E-state index contributed by atoms with van der Waals surface area (Å²) in [5.74, 6) is -0.903. The average molecular weight is 492 g/mol. The third-order valence-electron chi connectivity index (χ3n) is 5.48. The highest BCUT2D eigenvalue weighted by Gasteiger charge is 2.53. The summed E-state index contributed by atoms with van der Waals surface area (Å²) in [5, 5.41) is 6.39. The first kappa shape index (κ1) is 25.6. The second-order valence-corrected chi connectivity index (χ2v) is 15.5. The summed E-state index contributed by atoms with van der Waals surface area (Å²) in [5.41, 5.74) is 0. The van der Waals surface area contributed by atoms with Crippen LogP contribution in [0.15, 0.2) is 65.8 Å². The van der Waals surface area contributed by atoms with Crippen LogP contribution in [0.25, 0.3) is 0 Å².